The topological polar surface area (TPSA) is 111 Å². The Balaban J connectivity index is 4.23. The Bertz CT molecular complexity index is 1110. The normalized spacial score (nSPS) is 13.6. The molecule has 0 aromatic heterocycles. The van der Waals surface area contributed by atoms with E-state index in [1.165, 1.54) is 173 Å². The van der Waals surface area contributed by atoms with Gasteiger partial charge in [0, 0.05) is 12.8 Å². The minimum absolute atomic E-state index is 0.0298. The first-order chi connectivity index (χ1) is 30.0. The van der Waals surface area contributed by atoms with Crippen molar-refractivity contribution in [3.05, 3.63) is 24.3 Å². The van der Waals surface area contributed by atoms with Crippen LogP contribution in [0.1, 0.15) is 245 Å². The molecule has 0 fully saturated rings. The predicted molar refractivity (Wildman–Crippen MR) is 259 cm³/mol. The summed E-state index contributed by atoms with van der Waals surface area (Å²) in [6.45, 7) is 4.25. The maximum Gasteiger partial charge on any atom is 0.306 e. The highest BCUT2D eigenvalue weighted by molar-refractivity contribution is 7.45. The number of unbranched alkanes of at least 4 members (excludes halogenated alkanes) is 30. The number of phosphoric acid groups is 1. The van der Waals surface area contributed by atoms with Gasteiger partial charge in [-0.1, -0.05) is 192 Å². The van der Waals surface area contributed by atoms with Gasteiger partial charge in [-0.2, -0.15) is 0 Å². The van der Waals surface area contributed by atoms with E-state index in [4.69, 9.17) is 18.5 Å². The minimum Gasteiger partial charge on any atom is -0.756 e. The van der Waals surface area contributed by atoms with Gasteiger partial charge in [0.25, 0.3) is 7.82 Å². The van der Waals surface area contributed by atoms with Crippen molar-refractivity contribution in [2.24, 2.45) is 0 Å². The lowest BCUT2D eigenvalue weighted by atomic mass is 10.1. The summed E-state index contributed by atoms with van der Waals surface area (Å²) >= 11 is 0. The zero-order valence-corrected chi connectivity index (χ0v) is 42.2. The van der Waals surface area contributed by atoms with E-state index in [-0.39, 0.29) is 32.0 Å². The molecule has 0 spiro atoms. The van der Waals surface area contributed by atoms with Gasteiger partial charge in [-0.05, 0) is 64.2 Å². The number of esters is 2. The summed E-state index contributed by atoms with van der Waals surface area (Å²) in [6, 6.07) is 0. The molecule has 0 saturated carbocycles. The second-order valence-corrected chi connectivity index (χ2v) is 20.3. The SMILES string of the molecule is CCCCCCCCC=CCCCCCCCCCCCC(=O)OC[C@H](COP(=O)([O-])OCC[N+](C)(C)C)OC(=O)CCCCCCCCCCCC=CCCCCCCCC. The molecule has 0 rings (SSSR count). The molecular weight excluding hydrogens is 798 g/mol. The van der Waals surface area contributed by atoms with Crippen LogP contribution in [0.4, 0.5) is 0 Å². The van der Waals surface area contributed by atoms with Gasteiger partial charge in [0.15, 0.2) is 6.10 Å². The molecule has 0 aliphatic heterocycles. The van der Waals surface area contributed by atoms with E-state index in [1.807, 2.05) is 21.1 Å². The van der Waals surface area contributed by atoms with Crippen LogP contribution in [0.2, 0.25) is 0 Å². The number of nitrogens with zero attached hydrogens (tertiary/aromatic N) is 1. The second-order valence-electron chi connectivity index (χ2n) is 18.9. The third-order valence-electron chi connectivity index (χ3n) is 11.4. The van der Waals surface area contributed by atoms with Crippen LogP contribution in [-0.2, 0) is 32.7 Å². The van der Waals surface area contributed by atoms with Crippen molar-refractivity contribution in [1.82, 2.24) is 0 Å². The third kappa shape index (κ3) is 48.0. The monoisotopic (exact) mass is 898 g/mol. The van der Waals surface area contributed by atoms with E-state index in [0.29, 0.717) is 17.4 Å². The number of quaternary nitrogens is 1. The van der Waals surface area contributed by atoms with Gasteiger partial charge in [-0.3, -0.25) is 14.2 Å². The average Bonchev–Trinajstić information content (AvgIpc) is 3.23. The zero-order chi connectivity index (χ0) is 45.7. The fourth-order valence-electron chi connectivity index (χ4n) is 7.35. The number of carbonyl (C=O) groups excluding carboxylic acids is 2. The maximum absolute atomic E-state index is 12.7. The first-order valence-electron chi connectivity index (χ1n) is 26.0. The summed E-state index contributed by atoms with van der Waals surface area (Å²) in [5, 5.41) is 0. The van der Waals surface area contributed by atoms with Crippen LogP contribution in [0.5, 0.6) is 0 Å². The first kappa shape index (κ1) is 60.5. The average molecular weight is 898 g/mol. The summed E-state index contributed by atoms with van der Waals surface area (Å²) in [7, 11) is 1.17. The Hall–Kier alpha value is -1.51. The minimum atomic E-state index is -4.63. The van der Waals surface area contributed by atoms with E-state index in [9.17, 15) is 19.0 Å². The quantitative estimate of drug-likeness (QED) is 0.0195. The van der Waals surface area contributed by atoms with Gasteiger partial charge in [-0.15, -0.1) is 0 Å². The molecular formula is C52H100NO8P. The molecule has 2 atom stereocenters. The van der Waals surface area contributed by atoms with Gasteiger partial charge >= 0.3 is 11.9 Å². The van der Waals surface area contributed by atoms with Crippen LogP contribution in [-0.4, -0.2) is 70.0 Å². The largest absolute Gasteiger partial charge is 0.756 e. The van der Waals surface area contributed by atoms with Crippen molar-refractivity contribution < 1.29 is 42.1 Å². The molecule has 0 amide bonds. The molecule has 9 nitrogen and oxygen atoms in total. The number of phosphoric ester groups is 1. The van der Waals surface area contributed by atoms with Crippen molar-refractivity contribution in [2.75, 3.05) is 47.5 Å². The second kappa shape index (κ2) is 44.7. The molecule has 0 N–H and O–H groups in total. The Morgan fingerprint density at radius 1 is 0.484 bits per heavy atom. The Morgan fingerprint density at radius 2 is 0.823 bits per heavy atom. The van der Waals surface area contributed by atoms with Crippen molar-refractivity contribution in [3.8, 4) is 0 Å². The fourth-order valence-corrected chi connectivity index (χ4v) is 8.08. The first-order valence-corrected chi connectivity index (χ1v) is 27.5. The number of hydrogen-bond donors (Lipinski definition) is 0. The van der Waals surface area contributed by atoms with Crippen molar-refractivity contribution in [1.29, 1.82) is 0 Å². The number of likely N-dealkylation sites (N-methyl/N-ethyl adjacent to an activating group) is 1. The van der Waals surface area contributed by atoms with Crippen LogP contribution >= 0.6 is 7.82 Å². The highest BCUT2D eigenvalue weighted by Gasteiger charge is 2.21. The molecule has 0 bridgehead atoms. The van der Waals surface area contributed by atoms with Gasteiger partial charge < -0.3 is 27.9 Å². The summed E-state index contributed by atoms with van der Waals surface area (Å²) in [6.07, 6.45) is 50.6. The number of rotatable bonds is 48. The molecule has 0 radical (unpaired) electrons. The van der Waals surface area contributed by atoms with Crippen LogP contribution in [0.15, 0.2) is 24.3 Å². The predicted octanol–water partition coefficient (Wildman–Crippen LogP) is 14.8. The summed E-state index contributed by atoms with van der Waals surface area (Å²) in [5.41, 5.74) is 0. The van der Waals surface area contributed by atoms with Crippen LogP contribution in [0.25, 0.3) is 0 Å². The molecule has 0 aliphatic carbocycles. The van der Waals surface area contributed by atoms with E-state index in [0.717, 1.165) is 38.5 Å². The van der Waals surface area contributed by atoms with Gasteiger partial charge in [-0.25, -0.2) is 0 Å². The van der Waals surface area contributed by atoms with E-state index >= 15 is 0 Å². The fraction of sp³-hybridized carbons (Fsp3) is 0.885. The number of carbonyl (C=O) groups is 2. The molecule has 0 heterocycles. The van der Waals surface area contributed by atoms with E-state index in [1.54, 1.807) is 0 Å². The zero-order valence-electron chi connectivity index (χ0n) is 41.3. The molecule has 0 saturated heterocycles. The summed E-state index contributed by atoms with van der Waals surface area (Å²) in [5.74, 6) is -0.829. The maximum atomic E-state index is 12.7. The van der Waals surface area contributed by atoms with Crippen molar-refractivity contribution in [2.45, 2.75) is 251 Å². The van der Waals surface area contributed by atoms with Crippen molar-refractivity contribution in [3.63, 3.8) is 0 Å². The Labute approximate surface area is 383 Å². The van der Waals surface area contributed by atoms with Gasteiger partial charge in [0.2, 0.25) is 0 Å². The van der Waals surface area contributed by atoms with Gasteiger partial charge in [0.1, 0.15) is 19.8 Å². The highest BCUT2D eigenvalue weighted by atomic mass is 31.2. The lowest BCUT2D eigenvalue weighted by Gasteiger charge is -2.28. The molecule has 366 valence electrons. The number of allylic oxidation sites excluding steroid dienone is 4. The molecule has 0 aromatic rings. The number of hydrogen-bond acceptors (Lipinski definition) is 8. The van der Waals surface area contributed by atoms with Crippen LogP contribution in [0, 0.1) is 0 Å². The Morgan fingerprint density at radius 3 is 1.19 bits per heavy atom. The lowest BCUT2D eigenvalue weighted by molar-refractivity contribution is -0.870. The highest BCUT2D eigenvalue weighted by Crippen LogP contribution is 2.38. The summed E-state index contributed by atoms with van der Waals surface area (Å²) in [4.78, 5) is 37.7. The van der Waals surface area contributed by atoms with E-state index in [2.05, 4.69) is 38.2 Å². The molecule has 0 aromatic carbocycles. The number of ether oxygens (including phenoxy) is 2. The van der Waals surface area contributed by atoms with Crippen LogP contribution in [0.3, 0.4) is 0 Å². The molecule has 10 heteroatoms. The molecule has 1 unspecified atom stereocenters. The lowest BCUT2D eigenvalue weighted by Crippen LogP contribution is -2.37. The third-order valence-corrected chi connectivity index (χ3v) is 12.4. The molecule has 62 heavy (non-hydrogen) atoms. The standard InChI is InChI=1S/C52H100NO8P/c1-6-8-10-12-14-16-18-20-22-24-26-28-30-32-34-36-38-40-42-44-51(54)58-48-50(49-60-62(56,57)59-47-46-53(3,4)5)61-52(55)45-43-41-39-37-35-33-31-29-27-25-23-21-19-17-15-13-11-9-7-2/h20-23,50H,6-19,24-49H2,1-5H3/t50-/m1/s1. The van der Waals surface area contributed by atoms with E-state index < -0.39 is 26.5 Å². The smallest absolute Gasteiger partial charge is 0.306 e. The Kier molecular flexibility index (Phi) is 43.6. The summed E-state index contributed by atoms with van der Waals surface area (Å²) < 4.78 is 34.1. The molecule has 0 aliphatic rings. The van der Waals surface area contributed by atoms with Crippen molar-refractivity contribution >= 4 is 19.8 Å². The van der Waals surface area contributed by atoms with Gasteiger partial charge in [0.05, 0.1) is 27.7 Å². The van der Waals surface area contributed by atoms with Crippen LogP contribution < -0.4 is 4.89 Å².